The van der Waals surface area contributed by atoms with Crippen LogP contribution >= 0.6 is 0 Å². The molecule has 0 unspecified atom stereocenters. The Morgan fingerprint density at radius 3 is 2.69 bits per heavy atom. The number of piperazine rings is 1. The van der Waals surface area contributed by atoms with Crippen LogP contribution in [0.3, 0.4) is 0 Å². The van der Waals surface area contributed by atoms with Crippen LogP contribution in [0.1, 0.15) is 13.8 Å². The molecule has 74 valence electrons. The third-order valence-corrected chi connectivity index (χ3v) is 2.18. The molecule has 1 aliphatic heterocycles. The van der Waals surface area contributed by atoms with E-state index in [2.05, 4.69) is 35.1 Å². The minimum absolute atomic E-state index is 0.865. The average molecular weight is 181 g/mol. The maximum absolute atomic E-state index is 4.26. The Kier molecular flexibility index (Phi) is 4.54. The Morgan fingerprint density at radius 1 is 1.46 bits per heavy atom. The first kappa shape index (κ1) is 10.3. The second kappa shape index (κ2) is 5.75. The summed E-state index contributed by atoms with van der Waals surface area (Å²) in [6.45, 7) is 9.34. The summed E-state index contributed by atoms with van der Waals surface area (Å²) < 4.78 is 0. The van der Waals surface area contributed by atoms with Crippen LogP contribution in [0.2, 0.25) is 0 Å². The Bertz CT molecular complexity index is 190. The topological polar surface area (TPSA) is 27.6 Å². The fraction of sp³-hybridized carbons (Fsp3) is 0.700. The highest BCUT2D eigenvalue weighted by atomic mass is 15.2. The second-order valence-corrected chi connectivity index (χ2v) is 3.08. The number of rotatable bonds is 3. The van der Waals surface area contributed by atoms with Gasteiger partial charge in [-0.25, -0.2) is 0 Å². The first-order valence-electron chi connectivity index (χ1n) is 5.00. The number of allylic oxidation sites excluding steroid dienone is 2. The van der Waals surface area contributed by atoms with Crippen LogP contribution in [-0.2, 0) is 0 Å². The van der Waals surface area contributed by atoms with Crippen molar-refractivity contribution in [1.29, 1.82) is 0 Å². The number of aliphatic imine (C=N–C) groups is 1. The van der Waals surface area contributed by atoms with E-state index in [-0.39, 0.29) is 0 Å². The zero-order valence-corrected chi connectivity index (χ0v) is 8.58. The molecule has 3 nitrogen and oxygen atoms in total. The molecular weight excluding hydrogens is 162 g/mol. The summed E-state index contributed by atoms with van der Waals surface area (Å²) in [5, 5.41) is 3.34. The van der Waals surface area contributed by atoms with Crippen LogP contribution in [0.4, 0.5) is 0 Å². The Labute approximate surface area is 80.5 Å². The molecule has 1 rings (SSSR count). The van der Waals surface area contributed by atoms with Crippen molar-refractivity contribution in [3.63, 3.8) is 0 Å². The molecular formula is C10H19N3. The van der Waals surface area contributed by atoms with Crippen molar-refractivity contribution in [2.45, 2.75) is 13.8 Å². The molecule has 1 saturated heterocycles. The lowest BCUT2D eigenvalue weighted by Gasteiger charge is -2.29. The molecule has 13 heavy (non-hydrogen) atoms. The normalized spacial score (nSPS) is 19.8. The van der Waals surface area contributed by atoms with E-state index in [1.165, 1.54) is 5.70 Å². The molecule has 0 aromatic rings. The standard InChI is InChI=1S/C10H19N3/c1-3-10(9-11-4-2)13-7-5-12-6-8-13/h3,9,12H,4-8H2,1-2H3/b10-3+,11-9?. The van der Waals surface area contributed by atoms with Crippen molar-refractivity contribution in [3.8, 4) is 0 Å². The molecule has 0 saturated carbocycles. The zero-order valence-electron chi connectivity index (χ0n) is 8.58. The molecule has 0 aromatic heterocycles. The maximum Gasteiger partial charge on any atom is 0.0505 e. The molecule has 0 aromatic carbocycles. The molecule has 0 atom stereocenters. The minimum Gasteiger partial charge on any atom is -0.368 e. The van der Waals surface area contributed by atoms with Crippen LogP contribution in [0, 0.1) is 0 Å². The summed E-state index contributed by atoms with van der Waals surface area (Å²) in [6, 6.07) is 0. The van der Waals surface area contributed by atoms with Gasteiger partial charge < -0.3 is 10.2 Å². The van der Waals surface area contributed by atoms with Gasteiger partial charge in [0, 0.05) is 38.9 Å². The third kappa shape index (κ3) is 3.19. The van der Waals surface area contributed by atoms with Gasteiger partial charge in [-0.1, -0.05) is 6.08 Å². The van der Waals surface area contributed by atoms with Crippen LogP contribution < -0.4 is 5.32 Å². The fourth-order valence-corrected chi connectivity index (χ4v) is 1.45. The van der Waals surface area contributed by atoms with Crippen LogP contribution in [0.15, 0.2) is 16.8 Å². The van der Waals surface area contributed by atoms with E-state index in [4.69, 9.17) is 0 Å². The first-order valence-corrected chi connectivity index (χ1v) is 5.00. The fourth-order valence-electron chi connectivity index (χ4n) is 1.45. The zero-order chi connectivity index (χ0) is 9.52. The Morgan fingerprint density at radius 2 is 2.15 bits per heavy atom. The van der Waals surface area contributed by atoms with Crippen molar-refractivity contribution in [2.75, 3.05) is 32.7 Å². The van der Waals surface area contributed by atoms with E-state index in [0.29, 0.717) is 0 Å². The highest BCUT2D eigenvalue weighted by Gasteiger charge is 2.09. The van der Waals surface area contributed by atoms with Gasteiger partial charge in [-0.2, -0.15) is 0 Å². The summed E-state index contributed by atoms with van der Waals surface area (Å²) >= 11 is 0. The van der Waals surface area contributed by atoms with E-state index >= 15 is 0 Å². The van der Waals surface area contributed by atoms with Gasteiger partial charge in [0.15, 0.2) is 0 Å². The second-order valence-electron chi connectivity index (χ2n) is 3.08. The highest BCUT2D eigenvalue weighted by Crippen LogP contribution is 2.02. The molecule has 0 aliphatic carbocycles. The molecule has 0 bridgehead atoms. The lowest BCUT2D eigenvalue weighted by Crippen LogP contribution is -2.43. The largest absolute Gasteiger partial charge is 0.368 e. The summed E-state index contributed by atoms with van der Waals surface area (Å²) in [5.74, 6) is 0. The first-order chi connectivity index (χ1) is 6.38. The van der Waals surface area contributed by atoms with E-state index < -0.39 is 0 Å². The minimum atomic E-state index is 0.865. The Hall–Kier alpha value is -0.830. The molecule has 0 radical (unpaired) electrons. The number of hydrogen-bond acceptors (Lipinski definition) is 3. The molecule has 1 aliphatic rings. The highest BCUT2D eigenvalue weighted by molar-refractivity contribution is 5.77. The molecule has 1 fully saturated rings. The summed E-state index contributed by atoms with van der Waals surface area (Å²) in [5.41, 5.74) is 1.25. The quantitative estimate of drug-likeness (QED) is 0.655. The van der Waals surface area contributed by atoms with Gasteiger partial charge in [0.2, 0.25) is 0 Å². The predicted molar refractivity (Wildman–Crippen MR) is 57.2 cm³/mol. The van der Waals surface area contributed by atoms with Gasteiger partial charge in [-0.3, -0.25) is 4.99 Å². The summed E-state index contributed by atoms with van der Waals surface area (Å²) in [6.07, 6.45) is 4.11. The lowest BCUT2D eigenvalue weighted by atomic mass is 10.3. The van der Waals surface area contributed by atoms with E-state index in [1.54, 1.807) is 0 Å². The molecule has 0 amide bonds. The smallest absolute Gasteiger partial charge is 0.0505 e. The predicted octanol–water partition coefficient (Wildman–Crippen LogP) is 0.886. The van der Waals surface area contributed by atoms with Crippen LogP contribution in [0.5, 0.6) is 0 Å². The number of nitrogens with one attached hydrogen (secondary N) is 1. The van der Waals surface area contributed by atoms with E-state index in [1.807, 2.05) is 6.21 Å². The third-order valence-electron chi connectivity index (χ3n) is 2.18. The number of hydrogen-bond donors (Lipinski definition) is 1. The molecule has 1 heterocycles. The van der Waals surface area contributed by atoms with Crippen LogP contribution in [-0.4, -0.2) is 43.8 Å². The van der Waals surface area contributed by atoms with Crippen molar-refractivity contribution in [1.82, 2.24) is 10.2 Å². The van der Waals surface area contributed by atoms with Gasteiger partial charge in [0.25, 0.3) is 0 Å². The monoisotopic (exact) mass is 181 g/mol. The van der Waals surface area contributed by atoms with Crippen molar-refractivity contribution in [3.05, 3.63) is 11.8 Å². The van der Waals surface area contributed by atoms with Gasteiger partial charge in [0.1, 0.15) is 0 Å². The maximum atomic E-state index is 4.26. The number of nitrogens with zero attached hydrogens (tertiary/aromatic N) is 2. The summed E-state index contributed by atoms with van der Waals surface area (Å²) in [7, 11) is 0. The van der Waals surface area contributed by atoms with Gasteiger partial charge in [-0.05, 0) is 13.8 Å². The van der Waals surface area contributed by atoms with Crippen LogP contribution in [0.25, 0.3) is 0 Å². The van der Waals surface area contributed by atoms with Crippen molar-refractivity contribution >= 4 is 6.21 Å². The van der Waals surface area contributed by atoms with E-state index in [0.717, 1.165) is 32.7 Å². The van der Waals surface area contributed by atoms with Gasteiger partial charge >= 0.3 is 0 Å². The average Bonchev–Trinajstić information content (AvgIpc) is 2.21. The Balaban J connectivity index is 2.50. The van der Waals surface area contributed by atoms with E-state index in [9.17, 15) is 0 Å². The molecule has 0 spiro atoms. The van der Waals surface area contributed by atoms with Gasteiger partial charge in [0.05, 0.1) is 5.70 Å². The van der Waals surface area contributed by atoms with Crippen molar-refractivity contribution in [2.24, 2.45) is 4.99 Å². The van der Waals surface area contributed by atoms with Crippen molar-refractivity contribution < 1.29 is 0 Å². The SMILES string of the molecule is C/C=C(\C=NCC)N1CCNCC1. The summed E-state index contributed by atoms with van der Waals surface area (Å²) in [4.78, 5) is 6.63. The molecule has 3 heteroatoms. The van der Waals surface area contributed by atoms with Gasteiger partial charge in [-0.15, -0.1) is 0 Å². The molecule has 1 N–H and O–H groups in total. The lowest BCUT2D eigenvalue weighted by molar-refractivity contribution is 0.312.